The Hall–Kier alpha value is -0.890. The number of benzene rings is 1. The maximum atomic E-state index is 3.54. The van der Waals surface area contributed by atoms with Crippen LogP contribution in [0.15, 0.2) is 41.1 Å². The number of aromatic nitrogens is 1. The summed E-state index contributed by atoms with van der Waals surface area (Å²) in [5, 5.41) is 2.52. The quantitative estimate of drug-likeness (QED) is 0.477. The molecular weight excluding hydrogens is 214 g/mol. The van der Waals surface area contributed by atoms with Crippen LogP contribution in [0.4, 0.5) is 0 Å². The van der Waals surface area contributed by atoms with Crippen LogP contribution in [-0.2, 0) is 7.05 Å². The molecule has 12 heavy (non-hydrogen) atoms. The van der Waals surface area contributed by atoms with Crippen molar-refractivity contribution in [1.82, 2.24) is 0 Å². The Kier molecular flexibility index (Phi) is 1.85. The predicted octanol–water partition coefficient (Wildman–Crippen LogP) is 2.43. The molecule has 1 heterocycles. The van der Waals surface area contributed by atoms with E-state index in [0.717, 1.165) is 4.60 Å². The number of hydrogen-bond donors (Lipinski definition) is 0. The van der Waals surface area contributed by atoms with Gasteiger partial charge in [-0.15, -0.1) is 0 Å². The Labute approximate surface area is 79.8 Å². The topological polar surface area (TPSA) is 3.88 Å². The lowest BCUT2D eigenvalue weighted by molar-refractivity contribution is -0.681. The van der Waals surface area contributed by atoms with Gasteiger partial charge in [0, 0.05) is 22.0 Å². The summed E-state index contributed by atoms with van der Waals surface area (Å²) < 4.78 is 3.18. The van der Waals surface area contributed by atoms with E-state index >= 15 is 0 Å². The smallest absolute Gasteiger partial charge is 0.195 e. The molecule has 1 nitrogen and oxygen atoms in total. The first-order valence-electron chi connectivity index (χ1n) is 3.82. The van der Waals surface area contributed by atoms with Crippen molar-refractivity contribution in [2.75, 3.05) is 0 Å². The van der Waals surface area contributed by atoms with E-state index in [4.69, 9.17) is 0 Å². The van der Waals surface area contributed by atoms with Gasteiger partial charge in [0.2, 0.25) is 0 Å². The number of aryl methyl sites for hydroxylation is 1. The Morgan fingerprint density at radius 2 is 1.92 bits per heavy atom. The molecule has 0 aliphatic heterocycles. The lowest BCUT2D eigenvalue weighted by atomic mass is 10.2. The van der Waals surface area contributed by atoms with Gasteiger partial charge in [-0.1, -0.05) is 18.2 Å². The van der Waals surface area contributed by atoms with Crippen LogP contribution in [0.25, 0.3) is 10.8 Å². The van der Waals surface area contributed by atoms with Crippen molar-refractivity contribution in [3.8, 4) is 0 Å². The molecule has 2 aromatic rings. The Balaban J connectivity index is 2.91. The minimum atomic E-state index is 1.13. The van der Waals surface area contributed by atoms with E-state index in [1.165, 1.54) is 10.8 Å². The highest BCUT2D eigenvalue weighted by Gasteiger charge is 2.06. The van der Waals surface area contributed by atoms with Gasteiger partial charge >= 0.3 is 0 Å². The molecule has 1 aromatic carbocycles. The van der Waals surface area contributed by atoms with Gasteiger partial charge in [-0.05, 0) is 11.5 Å². The van der Waals surface area contributed by atoms with Crippen molar-refractivity contribution in [3.63, 3.8) is 0 Å². The fourth-order valence-corrected chi connectivity index (χ4v) is 1.76. The molecule has 0 aliphatic carbocycles. The number of nitrogens with zero attached hydrogens (tertiary/aromatic N) is 1. The molecule has 0 N–H and O–H groups in total. The molecule has 0 amide bonds. The van der Waals surface area contributed by atoms with Gasteiger partial charge in [-0.25, -0.2) is 0 Å². The van der Waals surface area contributed by atoms with Crippen LogP contribution in [0.3, 0.4) is 0 Å². The summed E-state index contributed by atoms with van der Waals surface area (Å²) in [6.45, 7) is 0. The van der Waals surface area contributed by atoms with Crippen molar-refractivity contribution in [3.05, 3.63) is 41.1 Å². The lowest BCUT2D eigenvalue weighted by Crippen LogP contribution is -2.28. The van der Waals surface area contributed by atoms with E-state index in [1.807, 2.05) is 19.3 Å². The molecule has 0 saturated carbocycles. The highest BCUT2D eigenvalue weighted by molar-refractivity contribution is 9.10. The summed E-state index contributed by atoms with van der Waals surface area (Å²) in [5.41, 5.74) is 0. The molecule has 0 aliphatic rings. The number of rotatable bonds is 0. The van der Waals surface area contributed by atoms with Gasteiger partial charge in [-0.2, -0.15) is 4.57 Å². The zero-order valence-electron chi connectivity index (χ0n) is 6.79. The maximum Gasteiger partial charge on any atom is 0.255 e. The molecule has 0 atom stereocenters. The standard InChI is InChI=1S/C10H9BrN/c1-12-7-6-8-4-2-3-5-9(8)10(12)11/h2-7H,1H3/q+1. The fourth-order valence-electron chi connectivity index (χ4n) is 1.28. The first-order valence-corrected chi connectivity index (χ1v) is 4.61. The van der Waals surface area contributed by atoms with Crippen molar-refractivity contribution >= 4 is 26.7 Å². The highest BCUT2D eigenvalue weighted by atomic mass is 79.9. The average molecular weight is 223 g/mol. The van der Waals surface area contributed by atoms with E-state index in [2.05, 4.69) is 44.8 Å². The van der Waals surface area contributed by atoms with Crippen LogP contribution in [-0.4, -0.2) is 0 Å². The molecule has 0 saturated heterocycles. The minimum absolute atomic E-state index is 1.13. The molecule has 0 bridgehead atoms. The third-order valence-corrected chi connectivity index (χ3v) is 2.96. The molecule has 60 valence electrons. The van der Waals surface area contributed by atoms with E-state index < -0.39 is 0 Å². The van der Waals surface area contributed by atoms with E-state index in [0.29, 0.717) is 0 Å². The third kappa shape index (κ3) is 1.12. The summed E-state index contributed by atoms with van der Waals surface area (Å²) in [7, 11) is 2.02. The summed E-state index contributed by atoms with van der Waals surface area (Å²) in [4.78, 5) is 0. The number of fused-ring (bicyclic) bond motifs is 1. The Morgan fingerprint density at radius 1 is 1.17 bits per heavy atom. The first kappa shape index (κ1) is 7.74. The van der Waals surface area contributed by atoms with Crippen LogP contribution >= 0.6 is 15.9 Å². The maximum absolute atomic E-state index is 3.54. The van der Waals surface area contributed by atoms with Crippen LogP contribution in [0, 0.1) is 0 Å². The Morgan fingerprint density at radius 3 is 2.75 bits per heavy atom. The van der Waals surface area contributed by atoms with Crippen LogP contribution < -0.4 is 4.57 Å². The van der Waals surface area contributed by atoms with Gasteiger partial charge in [0.15, 0.2) is 6.20 Å². The van der Waals surface area contributed by atoms with E-state index in [1.54, 1.807) is 0 Å². The normalized spacial score (nSPS) is 10.5. The average Bonchev–Trinajstić information content (AvgIpc) is 2.12. The monoisotopic (exact) mass is 222 g/mol. The second kappa shape index (κ2) is 2.87. The van der Waals surface area contributed by atoms with Crippen molar-refractivity contribution in [2.45, 2.75) is 0 Å². The molecule has 0 radical (unpaired) electrons. The van der Waals surface area contributed by atoms with Crippen LogP contribution in [0.2, 0.25) is 0 Å². The highest BCUT2D eigenvalue weighted by Crippen LogP contribution is 2.18. The van der Waals surface area contributed by atoms with Crippen molar-refractivity contribution < 1.29 is 4.57 Å². The van der Waals surface area contributed by atoms with Gasteiger partial charge in [-0.3, -0.25) is 0 Å². The lowest BCUT2D eigenvalue weighted by Gasteiger charge is -1.97. The molecule has 2 heteroatoms. The van der Waals surface area contributed by atoms with Crippen LogP contribution in [0.1, 0.15) is 0 Å². The SMILES string of the molecule is C[n+]1ccc2ccccc2c1Br. The molecule has 0 spiro atoms. The van der Waals surface area contributed by atoms with Crippen molar-refractivity contribution in [2.24, 2.45) is 7.05 Å². The minimum Gasteiger partial charge on any atom is -0.195 e. The third-order valence-electron chi connectivity index (χ3n) is 1.97. The summed E-state index contributed by atoms with van der Waals surface area (Å²) in [6.07, 6.45) is 2.05. The number of hydrogen-bond acceptors (Lipinski definition) is 0. The van der Waals surface area contributed by atoms with Gasteiger partial charge < -0.3 is 0 Å². The zero-order chi connectivity index (χ0) is 8.55. The molecule has 0 unspecified atom stereocenters. The number of pyridine rings is 1. The summed E-state index contributed by atoms with van der Waals surface area (Å²) in [5.74, 6) is 0. The summed E-state index contributed by atoms with van der Waals surface area (Å²) >= 11 is 3.54. The van der Waals surface area contributed by atoms with Gasteiger partial charge in [0.25, 0.3) is 4.60 Å². The molecular formula is C10H9BrN+. The van der Waals surface area contributed by atoms with Gasteiger partial charge in [0.05, 0.1) is 5.39 Å². The molecule has 0 fully saturated rings. The Bertz CT molecular complexity index is 423. The van der Waals surface area contributed by atoms with Crippen molar-refractivity contribution in [1.29, 1.82) is 0 Å². The zero-order valence-corrected chi connectivity index (χ0v) is 8.38. The van der Waals surface area contributed by atoms with Crippen LogP contribution in [0.5, 0.6) is 0 Å². The van der Waals surface area contributed by atoms with E-state index in [-0.39, 0.29) is 0 Å². The molecule has 2 rings (SSSR count). The molecule has 1 aromatic heterocycles. The fraction of sp³-hybridized carbons (Fsp3) is 0.100. The largest absolute Gasteiger partial charge is 0.255 e. The summed E-state index contributed by atoms with van der Waals surface area (Å²) in [6, 6.07) is 10.4. The predicted molar refractivity (Wildman–Crippen MR) is 52.8 cm³/mol. The second-order valence-corrected chi connectivity index (χ2v) is 3.56. The van der Waals surface area contributed by atoms with Gasteiger partial charge in [0.1, 0.15) is 7.05 Å². The number of halogens is 1. The second-order valence-electron chi connectivity index (χ2n) is 2.80. The van der Waals surface area contributed by atoms with E-state index in [9.17, 15) is 0 Å². The first-order chi connectivity index (χ1) is 5.79.